The second kappa shape index (κ2) is 5.89. The van der Waals surface area contributed by atoms with Crippen molar-refractivity contribution in [3.8, 4) is 5.69 Å². The molecule has 1 aromatic carbocycles. The van der Waals surface area contributed by atoms with Gasteiger partial charge in [0.05, 0.1) is 5.69 Å². The van der Waals surface area contributed by atoms with Gasteiger partial charge in [-0.25, -0.2) is 4.68 Å². The molecule has 2 aromatic rings. The van der Waals surface area contributed by atoms with Gasteiger partial charge in [-0.2, -0.15) is 5.10 Å². The van der Waals surface area contributed by atoms with E-state index < -0.39 is 0 Å². The van der Waals surface area contributed by atoms with Crippen LogP contribution in [0.25, 0.3) is 5.69 Å². The van der Waals surface area contributed by atoms with Gasteiger partial charge in [-0.05, 0) is 43.7 Å². The third-order valence-electron chi connectivity index (χ3n) is 5.32. The highest BCUT2D eigenvalue weighted by atomic mass is 16.2. The smallest absolute Gasteiger partial charge is 0.278 e. The molecule has 1 saturated heterocycles. The van der Waals surface area contributed by atoms with Crippen molar-refractivity contribution in [1.29, 1.82) is 0 Å². The Morgan fingerprint density at radius 3 is 2.46 bits per heavy atom. The van der Waals surface area contributed by atoms with Gasteiger partial charge >= 0.3 is 0 Å². The molecule has 2 aliphatic rings. The molecule has 0 bridgehead atoms. The Kier molecular flexibility index (Phi) is 3.71. The minimum absolute atomic E-state index is 0.0319. The molecular formula is C19H21N3O2. The summed E-state index contributed by atoms with van der Waals surface area (Å²) in [6, 6.07) is 11.1. The molecule has 124 valence electrons. The zero-order valence-corrected chi connectivity index (χ0v) is 13.8. The van der Waals surface area contributed by atoms with Crippen molar-refractivity contribution in [1.82, 2.24) is 14.7 Å². The first-order chi connectivity index (χ1) is 11.6. The molecule has 24 heavy (non-hydrogen) atoms. The molecule has 2 fully saturated rings. The number of likely N-dealkylation sites (tertiary alicyclic amines) is 1. The van der Waals surface area contributed by atoms with E-state index in [4.69, 9.17) is 0 Å². The number of hydrogen-bond acceptors (Lipinski definition) is 3. The number of aryl methyl sites for hydroxylation is 1. The van der Waals surface area contributed by atoms with Gasteiger partial charge in [0.1, 0.15) is 0 Å². The number of aromatic nitrogens is 2. The lowest BCUT2D eigenvalue weighted by Crippen LogP contribution is -2.35. The fourth-order valence-corrected chi connectivity index (χ4v) is 4.08. The molecule has 0 radical (unpaired) electrons. The summed E-state index contributed by atoms with van der Waals surface area (Å²) in [5, 5.41) is 4.39. The lowest BCUT2D eigenvalue weighted by Gasteiger charge is -2.17. The van der Waals surface area contributed by atoms with Crippen molar-refractivity contribution < 1.29 is 4.79 Å². The molecule has 0 unspecified atom stereocenters. The number of para-hydroxylation sites is 1. The van der Waals surface area contributed by atoms with Gasteiger partial charge in [-0.1, -0.05) is 24.6 Å². The molecule has 0 spiro atoms. The van der Waals surface area contributed by atoms with E-state index in [-0.39, 0.29) is 17.0 Å². The normalized spacial score (nSPS) is 22.6. The van der Waals surface area contributed by atoms with Crippen molar-refractivity contribution in [2.75, 3.05) is 13.1 Å². The summed E-state index contributed by atoms with van der Waals surface area (Å²) in [5.74, 6) is 0.991. The second-order valence-electron chi connectivity index (χ2n) is 6.91. The Bertz CT molecular complexity index is 816. The molecule has 4 rings (SSSR count). The van der Waals surface area contributed by atoms with Gasteiger partial charge in [-0.3, -0.25) is 9.59 Å². The van der Waals surface area contributed by atoms with Gasteiger partial charge in [0.2, 0.25) is 5.43 Å². The van der Waals surface area contributed by atoms with Crippen LogP contribution >= 0.6 is 0 Å². The molecule has 5 heteroatoms. The molecule has 1 amide bonds. The van der Waals surface area contributed by atoms with E-state index in [1.165, 1.54) is 25.3 Å². The average molecular weight is 323 g/mol. The van der Waals surface area contributed by atoms with Crippen LogP contribution in [0.5, 0.6) is 0 Å². The lowest BCUT2D eigenvalue weighted by molar-refractivity contribution is 0.0771. The molecule has 2 heterocycles. The van der Waals surface area contributed by atoms with Crippen LogP contribution in [-0.2, 0) is 0 Å². The number of nitrogens with zero attached hydrogens (tertiary/aromatic N) is 3. The number of benzene rings is 1. The third-order valence-corrected chi connectivity index (χ3v) is 5.32. The Morgan fingerprint density at radius 1 is 1.12 bits per heavy atom. The predicted octanol–water partition coefficient (Wildman–Crippen LogP) is 2.41. The molecule has 1 aliphatic carbocycles. The zero-order valence-electron chi connectivity index (χ0n) is 13.8. The summed E-state index contributed by atoms with van der Waals surface area (Å²) in [7, 11) is 0. The minimum Gasteiger partial charge on any atom is -0.337 e. The molecule has 1 saturated carbocycles. The van der Waals surface area contributed by atoms with Crippen molar-refractivity contribution in [2.45, 2.75) is 26.2 Å². The monoisotopic (exact) mass is 323 g/mol. The summed E-state index contributed by atoms with van der Waals surface area (Å²) >= 11 is 0. The van der Waals surface area contributed by atoms with E-state index >= 15 is 0 Å². The van der Waals surface area contributed by atoms with Crippen molar-refractivity contribution in [2.24, 2.45) is 11.8 Å². The minimum atomic E-state index is -0.290. The Balaban J connectivity index is 1.68. The van der Waals surface area contributed by atoms with E-state index in [1.54, 1.807) is 4.68 Å². The van der Waals surface area contributed by atoms with Crippen LogP contribution in [0.3, 0.4) is 0 Å². The number of amides is 1. The zero-order chi connectivity index (χ0) is 16.7. The van der Waals surface area contributed by atoms with Crippen molar-refractivity contribution in [3.63, 3.8) is 0 Å². The van der Waals surface area contributed by atoms with Gasteiger partial charge in [0.15, 0.2) is 5.69 Å². The molecule has 1 aromatic heterocycles. The Labute approximate surface area is 140 Å². The van der Waals surface area contributed by atoms with E-state index in [0.29, 0.717) is 11.8 Å². The highest BCUT2D eigenvalue weighted by Gasteiger charge is 2.39. The van der Waals surface area contributed by atoms with Crippen LogP contribution in [0.15, 0.2) is 41.2 Å². The molecule has 5 nitrogen and oxygen atoms in total. The number of fused-ring (bicyclic) bond motifs is 1. The standard InChI is InChI=1S/C19H21N3O2/c1-13-10-17(23)18(20-22(13)16-8-3-2-4-9-16)19(24)21-11-14-6-5-7-15(14)12-21/h2-4,8-10,14-15H,5-7,11-12H2,1H3/t14-,15-/m0/s1. The van der Waals surface area contributed by atoms with Crippen LogP contribution in [0.4, 0.5) is 0 Å². The van der Waals surface area contributed by atoms with Crippen LogP contribution in [0.1, 0.15) is 35.4 Å². The SMILES string of the molecule is Cc1cc(=O)c(C(=O)N2C[C@@H]3CCC[C@H]3C2)nn1-c1ccccc1. The van der Waals surface area contributed by atoms with Crippen molar-refractivity contribution in [3.05, 3.63) is 58.0 Å². The quantitative estimate of drug-likeness (QED) is 0.853. The largest absolute Gasteiger partial charge is 0.337 e. The van der Waals surface area contributed by atoms with Gasteiger partial charge < -0.3 is 4.90 Å². The molecule has 1 aliphatic heterocycles. The maximum atomic E-state index is 12.8. The highest BCUT2D eigenvalue weighted by molar-refractivity contribution is 5.92. The van der Waals surface area contributed by atoms with Gasteiger partial charge in [-0.15, -0.1) is 0 Å². The maximum Gasteiger partial charge on any atom is 0.278 e. The van der Waals surface area contributed by atoms with Crippen LogP contribution in [-0.4, -0.2) is 33.7 Å². The Hall–Kier alpha value is -2.43. The lowest BCUT2D eigenvalue weighted by atomic mass is 10.0. The first-order valence-electron chi connectivity index (χ1n) is 8.59. The first-order valence-corrected chi connectivity index (χ1v) is 8.59. The topological polar surface area (TPSA) is 55.2 Å². The van der Waals surface area contributed by atoms with Crippen LogP contribution < -0.4 is 5.43 Å². The summed E-state index contributed by atoms with van der Waals surface area (Å²) in [5.41, 5.74) is 1.31. The number of rotatable bonds is 2. The number of hydrogen-bond donors (Lipinski definition) is 0. The summed E-state index contributed by atoms with van der Waals surface area (Å²) < 4.78 is 1.67. The Morgan fingerprint density at radius 2 is 1.79 bits per heavy atom. The first kappa shape index (κ1) is 15.1. The number of carbonyl (C=O) groups is 1. The second-order valence-corrected chi connectivity index (χ2v) is 6.91. The average Bonchev–Trinajstić information content (AvgIpc) is 3.17. The van der Waals surface area contributed by atoms with Gasteiger partial charge in [0.25, 0.3) is 5.91 Å². The summed E-state index contributed by atoms with van der Waals surface area (Å²) in [6.45, 7) is 3.36. The summed E-state index contributed by atoms with van der Waals surface area (Å²) in [6.07, 6.45) is 3.66. The van der Waals surface area contributed by atoms with Crippen LogP contribution in [0, 0.1) is 18.8 Å². The van der Waals surface area contributed by atoms with Crippen LogP contribution in [0.2, 0.25) is 0 Å². The molecular weight excluding hydrogens is 302 g/mol. The van der Waals surface area contributed by atoms with E-state index in [2.05, 4.69) is 5.10 Å². The fraction of sp³-hybridized carbons (Fsp3) is 0.421. The maximum absolute atomic E-state index is 12.8. The van der Waals surface area contributed by atoms with E-state index in [1.807, 2.05) is 42.2 Å². The highest BCUT2D eigenvalue weighted by Crippen LogP contribution is 2.37. The third kappa shape index (κ3) is 2.54. The summed E-state index contributed by atoms with van der Waals surface area (Å²) in [4.78, 5) is 27.0. The van der Waals surface area contributed by atoms with E-state index in [0.717, 1.165) is 24.5 Å². The predicted molar refractivity (Wildman–Crippen MR) is 91.3 cm³/mol. The van der Waals surface area contributed by atoms with E-state index in [9.17, 15) is 9.59 Å². The number of carbonyl (C=O) groups excluding carboxylic acids is 1. The van der Waals surface area contributed by atoms with Crippen molar-refractivity contribution >= 4 is 5.91 Å². The van der Waals surface area contributed by atoms with Gasteiger partial charge in [0, 0.05) is 24.8 Å². The fourth-order valence-electron chi connectivity index (χ4n) is 4.08. The molecule has 0 N–H and O–H groups in total. The molecule has 2 atom stereocenters.